The van der Waals surface area contributed by atoms with Crippen molar-refractivity contribution in [3.05, 3.63) is 58.2 Å². The van der Waals surface area contributed by atoms with Crippen molar-refractivity contribution in [3.63, 3.8) is 0 Å². The first-order valence-electron chi connectivity index (χ1n) is 7.53. The molecule has 0 aliphatic carbocycles. The van der Waals surface area contributed by atoms with Crippen LogP contribution in [0.3, 0.4) is 0 Å². The van der Waals surface area contributed by atoms with Gasteiger partial charge in [-0.1, -0.05) is 0 Å². The highest BCUT2D eigenvalue weighted by Gasteiger charge is 2.33. The van der Waals surface area contributed by atoms with Gasteiger partial charge in [-0.25, -0.2) is 22.2 Å². The third-order valence-corrected chi connectivity index (χ3v) is 6.10. The molecule has 0 bridgehead atoms. The standard InChI is InChI=1S/C16H15BrF2N2O3S/c17-12-1-4-16(20-8-12)24-14-5-6-21(9-14)25(22,23)10-11-7-13(18)2-3-15(11)19/h1-4,7-8,14H,5-6,9-10H2. The topological polar surface area (TPSA) is 59.5 Å². The van der Waals surface area contributed by atoms with E-state index < -0.39 is 27.4 Å². The van der Waals surface area contributed by atoms with Gasteiger partial charge in [0.25, 0.3) is 0 Å². The van der Waals surface area contributed by atoms with Crippen molar-refractivity contribution < 1.29 is 21.9 Å². The zero-order valence-electron chi connectivity index (χ0n) is 13.0. The van der Waals surface area contributed by atoms with Crippen LogP contribution in [-0.4, -0.2) is 36.9 Å². The second-order valence-corrected chi connectivity index (χ2v) is 8.58. The Balaban J connectivity index is 1.65. The highest BCUT2D eigenvalue weighted by molar-refractivity contribution is 9.10. The Morgan fingerprint density at radius 3 is 2.80 bits per heavy atom. The van der Waals surface area contributed by atoms with Gasteiger partial charge in [0.2, 0.25) is 15.9 Å². The number of rotatable bonds is 5. The van der Waals surface area contributed by atoms with Gasteiger partial charge >= 0.3 is 0 Å². The Kier molecular flexibility index (Phi) is 5.35. The highest BCUT2D eigenvalue weighted by atomic mass is 79.9. The minimum absolute atomic E-state index is 0.150. The highest BCUT2D eigenvalue weighted by Crippen LogP contribution is 2.23. The molecule has 2 heterocycles. The fraction of sp³-hybridized carbons (Fsp3) is 0.312. The predicted molar refractivity (Wildman–Crippen MR) is 91.5 cm³/mol. The van der Waals surface area contributed by atoms with E-state index in [0.29, 0.717) is 12.3 Å². The fourth-order valence-corrected chi connectivity index (χ4v) is 4.40. The lowest BCUT2D eigenvalue weighted by Crippen LogP contribution is -2.32. The lowest BCUT2D eigenvalue weighted by atomic mass is 10.2. The number of hydrogen-bond donors (Lipinski definition) is 0. The molecule has 25 heavy (non-hydrogen) atoms. The third kappa shape index (κ3) is 4.53. The van der Waals surface area contributed by atoms with E-state index in [9.17, 15) is 17.2 Å². The van der Waals surface area contributed by atoms with Crippen LogP contribution in [0.25, 0.3) is 0 Å². The van der Waals surface area contributed by atoms with Crippen molar-refractivity contribution in [2.24, 2.45) is 0 Å². The third-order valence-electron chi connectivity index (χ3n) is 3.83. The quantitative estimate of drug-likeness (QED) is 0.728. The first-order valence-corrected chi connectivity index (χ1v) is 9.94. The van der Waals surface area contributed by atoms with Crippen molar-refractivity contribution >= 4 is 26.0 Å². The molecule has 0 N–H and O–H groups in total. The summed E-state index contributed by atoms with van der Waals surface area (Å²) in [6.07, 6.45) is 1.76. The number of hydrogen-bond acceptors (Lipinski definition) is 4. The minimum atomic E-state index is -3.77. The average Bonchev–Trinajstić information content (AvgIpc) is 3.02. The van der Waals surface area contributed by atoms with Gasteiger partial charge in [0.05, 0.1) is 12.3 Å². The predicted octanol–water partition coefficient (Wildman–Crippen LogP) is 3.11. The maximum absolute atomic E-state index is 13.7. The summed E-state index contributed by atoms with van der Waals surface area (Å²) < 4.78 is 59.6. The first-order chi connectivity index (χ1) is 11.8. The van der Waals surface area contributed by atoms with Crippen molar-refractivity contribution in [2.75, 3.05) is 13.1 Å². The van der Waals surface area contributed by atoms with Crippen LogP contribution in [0, 0.1) is 11.6 Å². The lowest BCUT2D eigenvalue weighted by Gasteiger charge is -2.17. The van der Waals surface area contributed by atoms with Gasteiger partial charge in [-0.05, 0) is 46.6 Å². The molecule has 1 fully saturated rings. The van der Waals surface area contributed by atoms with Crippen molar-refractivity contribution in [2.45, 2.75) is 18.3 Å². The molecule has 2 aromatic rings. The van der Waals surface area contributed by atoms with Gasteiger partial charge in [-0.2, -0.15) is 4.31 Å². The number of ether oxygens (including phenoxy) is 1. The molecule has 9 heteroatoms. The van der Waals surface area contributed by atoms with Gasteiger partial charge in [0.1, 0.15) is 17.7 Å². The van der Waals surface area contributed by atoms with Gasteiger partial charge in [0, 0.05) is 28.8 Å². The molecule has 1 aromatic carbocycles. The largest absolute Gasteiger partial charge is 0.473 e. The zero-order chi connectivity index (χ0) is 18.0. The Bertz CT molecular complexity index is 862. The molecule has 1 aliphatic rings. The normalized spacial score (nSPS) is 18.4. The summed E-state index contributed by atoms with van der Waals surface area (Å²) in [5, 5.41) is 0. The van der Waals surface area contributed by atoms with Crippen molar-refractivity contribution in [1.29, 1.82) is 0 Å². The van der Waals surface area contributed by atoms with E-state index in [2.05, 4.69) is 20.9 Å². The number of halogens is 3. The lowest BCUT2D eigenvalue weighted by molar-refractivity contribution is 0.207. The van der Waals surface area contributed by atoms with E-state index in [1.807, 2.05) is 0 Å². The fourth-order valence-electron chi connectivity index (χ4n) is 2.59. The van der Waals surface area contributed by atoms with Crippen LogP contribution in [0.4, 0.5) is 8.78 Å². The summed E-state index contributed by atoms with van der Waals surface area (Å²) in [5.74, 6) is -1.59. The van der Waals surface area contributed by atoms with Crippen molar-refractivity contribution in [3.8, 4) is 5.88 Å². The molecule has 134 valence electrons. The van der Waals surface area contributed by atoms with Gasteiger partial charge in [0.15, 0.2) is 0 Å². The Morgan fingerprint density at radius 1 is 1.28 bits per heavy atom. The molecule has 0 amide bonds. The Morgan fingerprint density at radius 2 is 2.08 bits per heavy atom. The number of benzene rings is 1. The van der Waals surface area contributed by atoms with E-state index >= 15 is 0 Å². The van der Waals surface area contributed by atoms with E-state index in [1.165, 1.54) is 4.31 Å². The van der Waals surface area contributed by atoms with E-state index in [4.69, 9.17) is 4.74 Å². The molecule has 1 saturated heterocycles. The summed E-state index contributed by atoms with van der Waals surface area (Å²) in [6, 6.07) is 6.25. The molecule has 5 nitrogen and oxygen atoms in total. The molecule has 3 rings (SSSR count). The van der Waals surface area contributed by atoms with Crippen LogP contribution >= 0.6 is 15.9 Å². The molecule has 1 atom stereocenters. The molecule has 1 aromatic heterocycles. The average molecular weight is 433 g/mol. The smallest absolute Gasteiger partial charge is 0.218 e. The Hall–Kier alpha value is -1.58. The van der Waals surface area contributed by atoms with Crippen LogP contribution in [0.15, 0.2) is 41.0 Å². The second-order valence-electron chi connectivity index (χ2n) is 5.69. The van der Waals surface area contributed by atoms with Gasteiger partial charge < -0.3 is 4.74 Å². The summed E-state index contributed by atoms with van der Waals surface area (Å²) in [6.45, 7) is 0.414. The van der Waals surface area contributed by atoms with Crippen LogP contribution in [0.5, 0.6) is 5.88 Å². The molecular formula is C16H15BrF2N2O3S. The van der Waals surface area contributed by atoms with Crippen LogP contribution in [-0.2, 0) is 15.8 Å². The first kappa shape index (κ1) is 18.2. The van der Waals surface area contributed by atoms with Crippen molar-refractivity contribution in [1.82, 2.24) is 9.29 Å². The molecular weight excluding hydrogens is 418 g/mol. The maximum atomic E-state index is 13.7. The molecule has 0 radical (unpaired) electrons. The zero-order valence-corrected chi connectivity index (χ0v) is 15.4. The SMILES string of the molecule is O=S(=O)(Cc1cc(F)ccc1F)N1CCC(Oc2ccc(Br)cn2)C1. The minimum Gasteiger partial charge on any atom is -0.473 e. The van der Waals surface area contributed by atoms with Crippen LogP contribution < -0.4 is 4.74 Å². The summed E-state index contributed by atoms with van der Waals surface area (Å²) >= 11 is 3.27. The van der Waals surface area contributed by atoms with E-state index in [0.717, 1.165) is 22.7 Å². The number of sulfonamides is 1. The summed E-state index contributed by atoms with van der Waals surface area (Å²) in [4.78, 5) is 4.09. The molecule has 0 saturated carbocycles. The van der Waals surface area contributed by atoms with Gasteiger partial charge in [-0.15, -0.1) is 0 Å². The second kappa shape index (κ2) is 7.35. The van der Waals surface area contributed by atoms with E-state index in [-0.39, 0.29) is 24.8 Å². The Labute approximate surface area is 152 Å². The molecule has 1 unspecified atom stereocenters. The number of aromatic nitrogens is 1. The number of nitrogens with zero attached hydrogens (tertiary/aromatic N) is 2. The monoisotopic (exact) mass is 432 g/mol. The molecule has 0 spiro atoms. The summed E-state index contributed by atoms with van der Waals surface area (Å²) in [7, 11) is -3.77. The molecule has 1 aliphatic heterocycles. The maximum Gasteiger partial charge on any atom is 0.218 e. The summed E-state index contributed by atoms with van der Waals surface area (Å²) in [5.41, 5.74) is -0.182. The van der Waals surface area contributed by atoms with Gasteiger partial charge in [-0.3, -0.25) is 0 Å². The van der Waals surface area contributed by atoms with Crippen LogP contribution in [0.1, 0.15) is 12.0 Å². The van der Waals surface area contributed by atoms with Crippen LogP contribution in [0.2, 0.25) is 0 Å². The van der Waals surface area contributed by atoms with E-state index in [1.54, 1.807) is 18.3 Å². The number of pyridine rings is 1.